The SMILES string of the molecule is CCNC(=NCC(C)(C)SC)NCC1CN2CCN1CC2.I. The van der Waals surface area contributed by atoms with Gasteiger partial charge in [0.05, 0.1) is 6.54 Å². The van der Waals surface area contributed by atoms with Crippen molar-refractivity contribution in [2.75, 3.05) is 58.6 Å². The van der Waals surface area contributed by atoms with Crippen molar-refractivity contribution in [1.29, 1.82) is 0 Å². The lowest BCUT2D eigenvalue weighted by molar-refractivity contribution is 0.0154. The number of rotatable bonds is 6. The molecule has 1 unspecified atom stereocenters. The van der Waals surface area contributed by atoms with Crippen molar-refractivity contribution in [1.82, 2.24) is 20.4 Å². The van der Waals surface area contributed by atoms with Gasteiger partial charge in [-0.15, -0.1) is 24.0 Å². The van der Waals surface area contributed by atoms with Crippen LogP contribution in [-0.2, 0) is 0 Å². The van der Waals surface area contributed by atoms with Crippen molar-refractivity contribution in [2.24, 2.45) is 4.99 Å². The van der Waals surface area contributed by atoms with E-state index in [0.29, 0.717) is 6.04 Å². The quantitative estimate of drug-likeness (QED) is 0.370. The fraction of sp³-hybridized carbons (Fsp3) is 0.933. The fourth-order valence-electron chi connectivity index (χ4n) is 2.81. The highest BCUT2D eigenvalue weighted by atomic mass is 127. The molecule has 3 rings (SSSR count). The zero-order valence-corrected chi connectivity index (χ0v) is 17.5. The number of piperazine rings is 3. The van der Waals surface area contributed by atoms with E-state index in [2.05, 4.69) is 47.5 Å². The molecule has 2 bridgehead atoms. The second-order valence-corrected chi connectivity index (χ2v) is 8.04. The molecule has 1 atom stereocenters. The Hall–Kier alpha value is 0.270. The van der Waals surface area contributed by atoms with E-state index in [1.807, 2.05) is 11.8 Å². The molecule has 0 amide bonds. The van der Waals surface area contributed by atoms with Crippen LogP contribution in [0.1, 0.15) is 20.8 Å². The molecule has 7 heteroatoms. The van der Waals surface area contributed by atoms with E-state index < -0.39 is 0 Å². The summed E-state index contributed by atoms with van der Waals surface area (Å²) in [5.74, 6) is 0.956. The number of fused-ring (bicyclic) bond motifs is 3. The highest BCUT2D eigenvalue weighted by Crippen LogP contribution is 2.21. The summed E-state index contributed by atoms with van der Waals surface area (Å²) in [5.41, 5.74) is 0. The molecule has 0 aromatic heterocycles. The topological polar surface area (TPSA) is 42.9 Å². The molecule has 3 saturated heterocycles. The van der Waals surface area contributed by atoms with Gasteiger partial charge in [0.2, 0.25) is 0 Å². The van der Waals surface area contributed by atoms with Crippen molar-refractivity contribution in [2.45, 2.75) is 31.6 Å². The van der Waals surface area contributed by atoms with E-state index in [9.17, 15) is 0 Å². The van der Waals surface area contributed by atoms with Gasteiger partial charge in [0.1, 0.15) is 0 Å². The van der Waals surface area contributed by atoms with Gasteiger partial charge in [0.15, 0.2) is 5.96 Å². The lowest BCUT2D eigenvalue weighted by atomic mass is 10.1. The van der Waals surface area contributed by atoms with Gasteiger partial charge < -0.3 is 10.6 Å². The monoisotopic (exact) mass is 441 g/mol. The van der Waals surface area contributed by atoms with Gasteiger partial charge in [0, 0.05) is 56.6 Å². The predicted molar refractivity (Wildman–Crippen MR) is 109 cm³/mol. The molecule has 5 nitrogen and oxygen atoms in total. The first-order valence-electron chi connectivity index (χ1n) is 8.08. The third-order valence-corrected chi connectivity index (χ3v) is 5.65. The van der Waals surface area contributed by atoms with Gasteiger partial charge >= 0.3 is 0 Å². The maximum atomic E-state index is 4.74. The van der Waals surface area contributed by atoms with Gasteiger partial charge in [-0.05, 0) is 27.0 Å². The Bertz CT molecular complexity index is 356. The molecule has 3 aliphatic rings. The highest BCUT2D eigenvalue weighted by molar-refractivity contribution is 14.0. The summed E-state index contributed by atoms with van der Waals surface area (Å²) >= 11 is 1.87. The van der Waals surface area contributed by atoms with Gasteiger partial charge in [-0.25, -0.2) is 0 Å². The molecule has 3 heterocycles. The van der Waals surface area contributed by atoms with Crippen LogP contribution in [0, 0.1) is 0 Å². The molecule has 0 aliphatic carbocycles. The lowest BCUT2D eigenvalue weighted by Crippen LogP contribution is -2.63. The van der Waals surface area contributed by atoms with E-state index in [-0.39, 0.29) is 28.7 Å². The van der Waals surface area contributed by atoms with Gasteiger partial charge in [-0.2, -0.15) is 11.8 Å². The average molecular weight is 441 g/mol. The standard InChI is InChI=1S/C15H31N5S.HI/c1-5-16-14(18-12-15(2,3)21-4)17-10-13-11-19-6-8-20(13)9-7-19;/h13H,5-12H2,1-4H3,(H2,16,17,18);1H. The van der Waals surface area contributed by atoms with E-state index in [4.69, 9.17) is 4.99 Å². The summed E-state index contributed by atoms with van der Waals surface area (Å²) < 4.78 is 0.196. The summed E-state index contributed by atoms with van der Waals surface area (Å²) in [6.45, 7) is 15.5. The summed E-state index contributed by atoms with van der Waals surface area (Å²) in [7, 11) is 0. The second-order valence-electron chi connectivity index (χ2n) is 6.53. The van der Waals surface area contributed by atoms with Crippen LogP contribution in [0.5, 0.6) is 0 Å². The van der Waals surface area contributed by atoms with Crippen molar-refractivity contribution >= 4 is 41.7 Å². The molecule has 0 aromatic rings. The Morgan fingerprint density at radius 2 is 1.91 bits per heavy atom. The molecule has 0 saturated carbocycles. The van der Waals surface area contributed by atoms with Crippen molar-refractivity contribution < 1.29 is 0 Å². The van der Waals surface area contributed by atoms with Crippen LogP contribution < -0.4 is 10.6 Å². The van der Waals surface area contributed by atoms with E-state index >= 15 is 0 Å². The van der Waals surface area contributed by atoms with E-state index in [1.54, 1.807) is 0 Å². The molecular weight excluding hydrogens is 409 g/mol. The van der Waals surface area contributed by atoms with Gasteiger partial charge in [-0.1, -0.05) is 0 Å². The van der Waals surface area contributed by atoms with Crippen molar-refractivity contribution in [3.05, 3.63) is 0 Å². The van der Waals surface area contributed by atoms with Crippen LogP contribution in [0.15, 0.2) is 4.99 Å². The summed E-state index contributed by atoms with van der Waals surface area (Å²) in [5, 5.41) is 6.89. The minimum Gasteiger partial charge on any atom is -0.357 e. The van der Waals surface area contributed by atoms with Crippen LogP contribution in [-0.4, -0.2) is 85.2 Å². The zero-order chi connectivity index (χ0) is 15.3. The Morgan fingerprint density at radius 3 is 2.41 bits per heavy atom. The molecule has 3 fully saturated rings. The second kappa shape index (κ2) is 9.54. The van der Waals surface area contributed by atoms with Crippen molar-refractivity contribution in [3.63, 3.8) is 0 Å². The average Bonchev–Trinajstić information content (AvgIpc) is 2.51. The molecule has 130 valence electrons. The number of nitrogens with one attached hydrogen (secondary N) is 2. The van der Waals surface area contributed by atoms with E-state index in [0.717, 1.165) is 25.6 Å². The zero-order valence-electron chi connectivity index (χ0n) is 14.4. The first-order chi connectivity index (χ1) is 10.0. The molecule has 22 heavy (non-hydrogen) atoms. The number of hydrogen-bond donors (Lipinski definition) is 2. The van der Waals surface area contributed by atoms with Gasteiger partial charge in [0.25, 0.3) is 0 Å². The summed E-state index contributed by atoms with van der Waals surface area (Å²) in [4.78, 5) is 9.93. The molecule has 2 N–H and O–H groups in total. The third kappa shape index (κ3) is 6.05. The number of halogens is 1. The number of hydrogen-bond acceptors (Lipinski definition) is 4. The molecule has 3 aliphatic heterocycles. The Morgan fingerprint density at radius 1 is 1.23 bits per heavy atom. The smallest absolute Gasteiger partial charge is 0.191 e. The lowest BCUT2D eigenvalue weighted by Gasteiger charge is -2.47. The third-order valence-electron chi connectivity index (χ3n) is 4.41. The maximum absolute atomic E-state index is 4.74. The first-order valence-corrected chi connectivity index (χ1v) is 9.30. The van der Waals surface area contributed by atoms with Gasteiger partial charge in [-0.3, -0.25) is 14.8 Å². The van der Waals surface area contributed by atoms with Crippen LogP contribution in [0.25, 0.3) is 0 Å². The highest BCUT2D eigenvalue weighted by Gasteiger charge is 2.31. The maximum Gasteiger partial charge on any atom is 0.191 e. The van der Waals surface area contributed by atoms with Crippen LogP contribution in [0.2, 0.25) is 0 Å². The number of thioether (sulfide) groups is 1. The largest absolute Gasteiger partial charge is 0.357 e. The van der Waals surface area contributed by atoms with Crippen LogP contribution in [0.3, 0.4) is 0 Å². The number of guanidine groups is 1. The fourth-order valence-corrected chi connectivity index (χ4v) is 3.00. The summed E-state index contributed by atoms with van der Waals surface area (Å²) in [6.07, 6.45) is 2.15. The van der Waals surface area contributed by atoms with Crippen LogP contribution in [0.4, 0.5) is 0 Å². The van der Waals surface area contributed by atoms with Crippen molar-refractivity contribution in [3.8, 4) is 0 Å². The van der Waals surface area contributed by atoms with E-state index in [1.165, 1.54) is 32.7 Å². The number of aliphatic imine (C=N–C) groups is 1. The first kappa shape index (κ1) is 20.3. The molecular formula is C15H32IN5S. The molecule has 0 radical (unpaired) electrons. The Labute approximate surface area is 157 Å². The Kier molecular flexibility index (Phi) is 8.81. The molecule has 0 spiro atoms. The number of nitrogens with zero attached hydrogens (tertiary/aromatic N) is 3. The minimum absolute atomic E-state index is 0. The normalized spacial score (nSPS) is 28.2. The Balaban J connectivity index is 0.00000242. The minimum atomic E-state index is 0. The molecule has 0 aromatic carbocycles. The van der Waals surface area contributed by atoms with Crippen LogP contribution >= 0.6 is 35.7 Å². The summed E-state index contributed by atoms with van der Waals surface area (Å²) in [6, 6.07) is 0.630. The predicted octanol–water partition coefficient (Wildman–Crippen LogP) is 1.30.